The molecule has 4 aromatic rings. The van der Waals surface area contributed by atoms with Crippen molar-refractivity contribution in [2.75, 3.05) is 7.11 Å². The SMILES string of the molecule is COC(=O)c1ccc([C@H]2C(C(=O)OCc3ccccc3)=C(C)N=c3s/c(=C/c4ccc(C)cc4)c(=O)n32)cc1. The van der Waals surface area contributed by atoms with Crippen LogP contribution in [0.1, 0.15) is 45.6 Å². The van der Waals surface area contributed by atoms with Crippen LogP contribution in [-0.2, 0) is 20.9 Å². The number of hydrogen-bond donors (Lipinski definition) is 0. The number of rotatable bonds is 6. The van der Waals surface area contributed by atoms with Gasteiger partial charge >= 0.3 is 11.9 Å². The van der Waals surface area contributed by atoms with Gasteiger partial charge in [0.1, 0.15) is 6.61 Å². The van der Waals surface area contributed by atoms with Gasteiger partial charge in [-0.2, -0.15) is 0 Å². The summed E-state index contributed by atoms with van der Waals surface area (Å²) in [7, 11) is 1.31. The summed E-state index contributed by atoms with van der Waals surface area (Å²) in [4.78, 5) is 44.4. The Bertz CT molecular complexity index is 1750. The molecule has 1 aliphatic heterocycles. The Balaban J connectivity index is 1.61. The molecule has 5 rings (SSSR count). The number of allylic oxidation sites excluding steroid dienone is 1. The lowest BCUT2D eigenvalue weighted by Crippen LogP contribution is -2.39. The molecule has 0 N–H and O–H groups in total. The molecule has 39 heavy (non-hydrogen) atoms. The van der Waals surface area contributed by atoms with E-state index in [4.69, 9.17) is 9.47 Å². The lowest BCUT2D eigenvalue weighted by atomic mass is 9.95. The molecule has 0 fully saturated rings. The normalized spacial score (nSPS) is 14.9. The summed E-state index contributed by atoms with van der Waals surface area (Å²) < 4.78 is 12.5. The second-order valence-corrected chi connectivity index (χ2v) is 10.2. The maximum atomic E-state index is 13.8. The van der Waals surface area contributed by atoms with Crippen molar-refractivity contribution in [1.29, 1.82) is 0 Å². The quantitative estimate of drug-likeness (QED) is 0.346. The van der Waals surface area contributed by atoms with Crippen molar-refractivity contribution in [2.24, 2.45) is 4.99 Å². The van der Waals surface area contributed by atoms with E-state index in [1.165, 1.54) is 23.0 Å². The predicted octanol–water partition coefficient (Wildman–Crippen LogP) is 4.07. The highest BCUT2D eigenvalue weighted by atomic mass is 32.1. The molecule has 7 nitrogen and oxygen atoms in total. The molecule has 0 saturated heterocycles. The lowest BCUT2D eigenvalue weighted by Gasteiger charge is -2.25. The van der Waals surface area contributed by atoms with Gasteiger partial charge in [0.25, 0.3) is 5.56 Å². The van der Waals surface area contributed by atoms with Gasteiger partial charge in [0, 0.05) is 0 Å². The van der Waals surface area contributed by atoms with Gasteiger partial charge in [-0.15, -0.1) is 0 Å². The first-order chi connectivity index (χ1) is 18.9. The van der Waals surface area contributed by atoms with E-state index in [2.05, 4.69) is 4.99 Å². The number of methoxy groups -OCH3 is 1. The molecule has 0 spiro atoms. The number of aryl methyl sites for hydroxylation is 1. The van der Waals surface area contributed by atoms with Crippen LogP contribution in [-0.4, -0.2) is 23.6 Å². The van der Waals surface area contributed by atoms with Gasteiger partial charge in [-0.1, -0.05) is 83.6 Å². The van der Waals surface area contributed by atoms with E-state index in [0.717, 1.165) is 16.7 Å². The number of fused-ring (bicyclic) bond motifs is 1. The Morgan fingerprint density at radius 1 is 0.949 bits per heavy atom. The second kappa shape index (κ2) is 11.0. The van der Waals surface area contributed by atoms with Crippen LogP contribution >= 0.6 is 11.3 Å². The van der Waals surface area contributed by atoms with Crippen LogP contribution in [0.3, 0.4) is 0 Å². The molecule has 1 aliphatic rings. The third-order valence-corrected chi connectivity index (χ3v) is 7.46. The number of hydrogen-bond acceptors (Lipinski definition) is 7. The highest BCUT2D eigenvalue weighted by molar-refractivity contribution is 7.07. The average molecular weight is 539 g/mol. The Morgan fingerprint density at radius 2 is 1.64 bits per heavy atom. The molecule has 2 heterocycles. The largest absolute Gasteiger partial charge is 0.465 e. The Hall–Kier alpha value is -4.56. The standard InChI is InChI=1S/C31H26N2O5S/c1-19-9-11-21(12-10-19)17-25-28(34)33-27(23-13-15-24(16-14-23)29(35)37-3)26(20(2)32-31(33)39-25)30(36)38-18-22-7-5-4-6-8-22/h4-17,27H,18H2,1-3H3/b25-17+/t27-/m0/s1. The van der Waals surface area contributed by atoms with Gasteiger partial charge in [0.15, 0.2) is 4.80 Å². The van der Waals surface area contributed by atoms with E-state index in [1.54, 1.807) is 31.2 Å². The van der Waals surface area contributed by atoms with Crippen molar-refractivity contribution in [1.82, 2.24) is 4.57 Å². The monoisotopic (exact) mass is 538 g/mol. The summed E-state index contributed by atoms with van der Waals surface area (Å²) in [6, 6.07) is 23.2. The van der Waals surface area contributed by atoms with E-state index in [9.17, 15) is 14.4 Å². The third-order valence-electron chi connectivity index (χ3n) is 6.48. The zero-order valence-electron chi connectivity index (χ0n) is 21.7. The fourth-order valence-electron chi connectivity index (χ4n) is 4.43. The van der Waals surface area contributed by atoms with Crippen molar-refractivity contribution in [3.8, 4) is 0 Å². The molecular weight excluding hydrogens is 512 g/mol. The van der Waals surface area contributed by atoms with Crippen LogP contribution in [0, 0.1) is 6.92 Å². The molecular formula is C31H26N2O5S. The van der Waals surface area contributed by atoms with E-state index < -0.39 is 18.0 Å². The minimum atomic E-state index is -0.781. The van der Waals surface area contributed by atoms with Crippen LogP contribution in [0.25, 0.3) is 6.08 Å². The molecule has 0 saturated carbocycles. The summed E-state index contributed by atoms with van der Waals surface area (Å²) in [5, 5.41) is 0. The molecule has 0 unspecified atom stereocenters. The first kappa shape index (κ1) is 26.1. The average Bonchev–Trinajstić information content (AvgIpc) is 3.26. The van der Waals surface area contributed by atoms with Crippen molar-refractivity contribution < 1.29 is 19.1 Å². The summed E-state index contributed by atoms with van der Waals surface area (Å²) in [5.41, 5.74) is 4.35. The smallest absolute Gasteiger partial charge is 0.338 e. The van der Waals surface area contributed by atoms with Crippen LogP contribution in [0.15, 0.2) is 99.9 Å². The van der Waals surface area contributed by atoms with Gasteiger partial charge in [-0.3, -0.25) is 9.36 Å². The summed E-state index contributed by atoms with van der Waals surface area (Å²) in [5.74, 6) is -1.03. The van der Waals surface area contributed by atoms with E-state index in [-0.39, 0.29) is 17.7 Å². The predicted molar refractivity (Wildman–Crippen MR) is 149 cm³/mol. The van der Waals surface area contributed by atoms with Crippen LogP contribution in [0.4, 0.5) is 0 Å². The third kappa shape index (κ3) is 5.37. The van der Waals surface area contributed by atoms with Crippen LogP contribution < -0.4 is 14.9 Å². The Kier molecular flexibility index (Phi) is 7.38. The van der Waals surface area contributed by atoms with Gasteiger partial charge in [0.05, 0.1) is 34.5 Å². The fourth-order valence-corrected chi connectivity index (χ4v) is 5.48. The van der Waals surface area contributed by atoms with Gasteiger partial charge in [0.2, 0.25) is 0 Å². The molecule has 0 aliphatic carbocycles. The molecule has 0 amide bonds. The van der Waals surface area contributed by atoms with E-state index in [1.807, 2.05) is 67.6 Å². The minimum Gasteiger partial charge on any atom is -0.465 e. The zero-order valence-corrected chi connectivity index (χ0v) is 22.5. The molecule has 3 aromatic carbocycles. The van der Waals surface area contributed by atoms with Crippen LogP contribution in [0.5, 0.6) is 0 Å². The number of benzene rings is 3. The number of carbonyl (C=O) groups is 2. The Labute approximate surface area is 229 Å². The molecule has 0 radical (unpaired) electrons. The molecule has 1 aromatic heterocycles. The van der Waals surface area contributed by atoms with Gasteiger partial charge in [-0.25, -0.2) is 14.6 Å². The highest BCUT2D eigenvalue weighted by Gasteiger charge is 2.33. The Morgan fingerprint density at radius 3 is 2.31 bits per heavy atom. The van der Waals surface area contributed by atoms with Crippen LogP contribution in [0.2, 0.25) is 0 Å². The van der Waals surface area contributed by atoms with E-state index in [0.29, 0.717) is 26.2 Å². The minimum absolute atomic E-state index is 0.0856. The molecule has 196 valence electrons. The summed E-state index contributed by atoms with van der Waals surface area (Å²) >= 11 is 1.27. The number of nitrogens with zero attached hydrogens (tertiary/aromatic N) is 2. The first-order valence-corrected chi connectivity index (χ1v) is 13.2. The lowest BCUT2D eigenvalue weighted by molar-refractivity contribution is -0.140. The molecule has 1 atom stereocenters. The topological polar surface area (TPSA) is 87.0 Å². The fraction of sp³-hybridized carbons (Fsp3) is 0.161. The maximum absolute atomic E-state index is 13.8. The molecule has 8 heteroatoms. The van der Waals surface area contributed by atoms with Crippen molar-refractivity contribution in [3.63, 3.8) is 0 Å². The highest BCUT2D eigenvalue weighted by Crippen LogP contribution is 2.31. The molecule has 0 bridgehead atoms. The zero-order chi connectivity index (χ0) is 27.5. The number of esters is 2. The number of carbonyl (C=O) groups excluding carboxylic acids is 2. The van der Waals surface area contributed by atoms with Gasteiger partial charge in [-0.05, 0) is 48.7 Å². The van der Waals surface area contributed by atoms with Crippen molar-refractivity contribution in [2.45, 2.75) is 26.5 Å². The van der Waals surface area contributed by atoms with Gasteiger partial charge < -0.3 is 9.47 Å². The second-order valence-electron chi connectivity index (χ2n) is 9.17. The number of aromatic nitrogens is 1. The number of ether oxygens (including phenoxy) is 2. The van der Waals surface area contributed by atoms with Crippen molar-refractivity contribution in [3.05, 3.63) is 138 Å². The number of thiazole rings is 1. The summed E-state index contributed by atoms with van der Waals surface area (Å²) in [6.45, 7) is 3.83. The summed E-state index contributed by atoms with van der Waals surface area (Å²) in [6.07, 6.45) is 1.83. The maximum Gasteiger partial charge on any atom is 0.338 e. The van der Waals surface area contributed by atoms with E-state index >= 15 is 0 Å². The van der Waals surface area contributed by atoms with Crippen molar-refractivity contribution >= 4 is 29.4 Å². The first-order valence-electron chi connectivity index (χ1n) is 12.3.